The molecular formula is C21H26N2O6. The van der Waals surface area contributed by atoms with Crippen LogP contribution in [0.5, 0.6) is 23.0 Å². The van der Waals surface area contributed by atoms with Gasteiger partial charge in [0.2, 0.25) is 5.75 Å². The minimum Gasteiger partial charge on any atom is -0.495 e. The first-order valence-electron chi connectivity index (χ1n) is 8.84. The molecule has 29 heavy (non-hydrogen) atoms. The van der Waals surface area contributed by atoms with Crippen LogP contribution in [0.3, 0.4) is 0 Å². The number of anilines is 1. The number of hydrogen-bond donors (Lipinski definition) is 3. The van der Waals surface area contributed by atoms with Crippen molar-refractivity contribution in [3.63, 3.8) is 0 Å². The molecule has 1 atom stereocenters. The SMILES string of the molecule is COc1ccc(/C=C\c2cc(OC)c(OC)c(OC)c2)cc1NN[C@H](C=O)CO. The second-order valence-electron chi connectivity index (χ2n) is 5.95. The van der Waals surface area contributed by atoms with Gasteiger partial charge in [-0.05, 0) is 35.4 Å². The molecule has 0 saturated heterocycles. The number of benzene rings is 2. The number of aliphatic hydroxyl groups excluding tert-OH is 1. The Morgan fingerprint density at radius 1 is 0.897 bits per heavy atom. The zero-order valence-corrected chi connectivity index (χ0v) is 16.9. The van der Waals surface area contributed by atoms with Crippen molar-refractivity contribution in [2.45, 2.75) is 6.04 Å². The number of carbonyl (C=O) groups excluding carboxylic acids is 1. The van der Waals surface area contributed by atoms with Crippen molar-refractivity contribution < 1.29 is 28.8 Å². The molecule has 2 rings (SSSR count). The minimum absolute atomic E-state index is 0.320. The standard InChI is InChI=1S/C21H26N2O6/c1-26-18-8-7-14(9-17(18)23-22-16(12-24)13-25)5-6-15-10-19(27-2)21(29-4)20(11-15)28-3/h5-12,16,22-23,25H,13H2,1-4H3/b6-5-/t16-/m1/s1. The van der Waals surface area contributed by atoms with Gasteiger partial charge in [0.1, 0.15) is 18.1 Å². The molecule has 0 unspecified atom stereocenters. The predicted molar refractivity (Wildman–Crippen MR) is 112 cm³/mol. The van der Waals surface area contributed by atoms with Gasteiger partial charge in [0.15, 0.2) is 11.5 Å². The maximum absolute atomic E-state index is 10.9. The van der Waals surface area contributed by atoms with Gasteiger partial charge in [-0.15, -0.1) is 0 Å². The monoisotopic (exact) mass is 402 g/mol. The highest BCUT2D eigenvalue weighted by Gasteiger charge is 2.12. The van der Waals surface area contributed by atoms with Gasteiger partial charge in [-0.3, -0.25) is 0 Å². The van der Waals surface area contributed by atoms with Gasteiger partial charge in [-0.2, -0.15) is 0 Å². The highest BCUT2D eigenvalue weighted by atomic mass is 16.5. The van der Waals surface area contributed by atoms with Crippen LogP contribution in [-0.2, 0) is 4.79 Å². The van der Waals surface area contributed by atoms with Crippen LogP contribution in [0.25, 0.3) is 12.2 Å². The number of nitrogens with one attached hydrogen (secondary N) is 2. The molecular weight excluding hydrogens is 376 g/mol. The second kappa shape index (κ2) is 10.9. The molecule has 0 aliphatic carbocycles. The summed E-state index contributed by atoms with van der Waals surface area (Å²) in [7, 11) is 6.24. The van der Waals surface area contributed by atoms with Crippen LogP contribution in [0.4, 0.5) is 5.69 Å². The van der Waals surface area contributed by atoms with Crippen molar-refractivity contribution in [2.24, 2.45) is 0 Å². The zero-order chi connectivity index (χ0) is 21.2. The van der Waals surface area contributed by atoms with Crippen molar-refractivity contribution in [1.82, 2.24) is 5.43 Å². The summed E-state index contributed by atoms with van der Waals surface area (Å²) >= 11 is 0. The van der Waals surface area contributed by atoms with Crippen LogP contribution in [0.1, 0.15) is 11.1 Å². The molecule has 0 spiro atoms. The summed E-state index contributed by atoms with van der Waals surface area (Å²) in [6, 6.07) is 8.50. The summed E-state index contributed by atoms with van der Waals surface area (Å²) in [5, 5.41) is 9.11. The van der Waals surface area contributed by atoms with E-state index in [-0.39, 0.29) is 6.61 Å². The lowest BCUT2D eigenvalue weighted by atomic mass is 10.1. The molecule has 0 aliphatic rings. The molecule has 0 aliphatic heterocycles. The Morgan fingerprint density at radius 3 is 2.03 bits per heavy atom. The molecule has 0 aromatic heterocycles. The van der Waals surface area contributed by atoms with Gasteiger partial charge in [-0.25, -0.2) is 5.43 Å². The molecule has 2 aromatic carbocycles. The fourth-order valence-corrected chi connectivity index (χ4v) is 2.61. The smallest absolute Gasteiger partial charge is 0.203 e. The number of methoxy groups -OCH3 is 4. The maximum Gasteiger partial charge on any atom is 0.203 e. The first kappa shape index (κ1) is 22.1. The van der Waals surface area contributed by atoms with Crippen molar-refractivity contribution in [2.75, 3.05) is 40.5 Å². The largest absolute Gasteiger partial charge is 0.495 e. The number of rotatable bonds is 11. The van der Waals surface area contributed by atoms with E-state index in [2.05, 4.69) is 10.9 Å². The summed E-state index contributed by atoms with van der Waals surface area (Å²) < 4.78 is 21.4. The third-order valence-electron chi connectivity index (χ3n) is 4.13. The van der Waals surface area contributed by atoms with Gasteiger partial charge in [0.25, 0.3) is 0 Å². The number of carbonyl (C=O) groups is 1. The average Bonchev–Trinajstić information content (AvgIpc) is 2.77. The molecule has 156 valence electrons. The van der Waals surface area contributed by atoms with Crippen molar-refractivity contribution >= 4 is 24.1 Å². The van der Waals surface area contributed by atoms with E-state index in [1.54, 1.807) is 34.5 Å². The Morgan fingerprint density at radius 2 is 1.52 bits per heavy atom. The highest BCUT2D eigenvalue weighted by Crippen LogP contribution is 2.38. The fourth-order valence-electron chi connectivity index (χ4n) is 2.61. The van der Waals surface area contributed by atoms with Crippen LogP contribution < -0.4 is 29.8 Å². The number of aldehydes is 1. The third kappa shape index (κ3) is 5.63. The normalized spacial score (nSPS) is 11.8. The summed E-state index contributed by atoms with van der Waals surface area (Å²) in [5.74, 6) is 2.25. The first-order chi connectivity index (χ1) is 14.1. The van der Waals surface area contributed by atoms with E-state index < -0.39 is 6.04 Å². The molecule has 0 bridgehead atoms. The molecule has 0 amide bonds. The van der Waals surface area contributed by atoms with Crippen molar-refractivity contribution in [3.05, 3.63) is 41.5 Å². The second-order valence-corrected chi connectivity index (χ2v) is 5.95. The van der Waals surface area contributed by atoms with E-state index in [4.69, 9.17) is 24.1 Å². The number of ether oxygens (including phenoxy) is 4. The lowest BCUT2D eigenvalue weighted by Crippen LogP contribution is -2.38. The molecule has 0 radical (unpaired) electrons. The van der Waals surface area contributed by atoms with E-state index in [1.807, 2.05) is 36.4 Å². The van der Waals surface area contributed by atoms with E-state index in [0.717, 1.165) is 11.1 Å². The van der Waals surface area contributed by atoms with E-state index in [1.165, 1.54) is 0 Å². The summed E-state index contributed by atoms with van der Waals surface area (Å²) in [6.45, 7) is -0.320. The first-order valence-corrected chi connectivity index (χ1v) is 8.84. The van der Waals surface area contributed by atoms with Crippen LogP contribution in [0, 0.1) is 0 Å². The zero-order valence-electron chi connectivity index (χ0n) is 16.9. The van der Waals surface area contributed by atoms with Gasteiger partial charge in [0, 0.05) is 0 Å². The quantitative estimate of drug-likeness (QED) is 0.299. The van der Waals surface area contributed by atoms with Gasteiger partial charge in [-0.1, -0.05) is 18.2 Å². The van der Waals surface area contributed by atoms with Crippen molar-refractivity contribution in [3.8, 4) is 23.0 Å². The molecule has 3 N–H and O–H groups in total. The Kier molecular flexibility index (Phi) is 8.32. The molecule has 2 aromatic rings. The fraction of sp³-hybridized carbons (Fsp3) is 0.286. The number of hydrogen-bond acceptors (Lipinski definition) is 8. The van der Waals surface area contributed by atoms with Crippen LogP contribution >= 0.6 is 0 Å². The Labute approximate surface area is 170 Å². The van der Waals surface area contributed by atoms with Crippen LogP contribution in [-0.4, -0.2) is 52.5 Å². The summed E-state index contributed by atoms with van der Waals surface area (Å²) in [6.07, 6.45) is 4.44. The van der Waals surface area contributed by atoms with E-state index in [9.17, 15) is 4.79 Å². The molecule has 8 nitrogen and oxygen atoms in total. The van der Waals surface area contributed by atoms with Crippen LogP contribution in [0.15, 0.2) is 30.3 Å². The summed E-state index contributed by atoms with van der Waals surface area (Å²) in [4.78, 5) is 10.9. The van der Waals surface area contributed by atoms with Gasteiger partial charge in [0.05, 0.1) is 40.7 Å². The third-order valence-corrected chi connectivity index (χ3v) is 4.13. The minimum atomic E-state index is -0.724. The lowest BCUT2D eigenvalue weighted by Gasteiger charge is -2.15. The molecule has 0 fully saturated rings. The topological polar surface area (TPSA) is 98.3 Å². The number of aliphatic hydroxyl groups is 1. The van der Waals surface area contributed by atoms with Gasteiger partial charge < -0.3 is 34.3 Å². The molecule has 0 saturated carbocycles. The number of hydrazine groups is 1. The maximum atomic E-state index is 10.9. The van der Waals surface area contributed by atoms with Crippen LogP contribution in [0.2, 0.25) is 0 Å². The molecule has 0 heterocycles. The van der Waals surface area contributed by atoms with Gasteiger partial charge >= 0.3 is 0 Å². The predicted octanol–water partition coefficient (Wildman–Crippen LogP) is 2.37. The highest BCUT2D eigenvalue weighted by molar-refractivity contribution is 5.75. The van der Waals surface area contributed by atoms with Crippen molar-refractivity contribution in [1.29, 1.82) is 0 Å². The Hall–Kier alpha value is -3.23. The molecule has 8 heteroatoms. The Bertz CT molecular complexity index is 828. The van der Waals surface area contributed by atoms with E-state index in [0.29, 0.717) is 35.0 Å². The average molecular weight is 402 g/mol. The summed E-state index contributed by atoms with van der Waals surface area (Å²) in [5.41, 5.74) is 8.01. The Balaban J connectivity index is 2.28. The lowest BCUT2D eigenvalue weighted by molar-refractivity contribution is -0.110. The van der Waals surface area contributed by atoms with E-state index >= 15 is 0 Å².